The number of alkyl halides is 3. The summed E-state index contributed by atoms with van der Waals surface area (Å²) >= 11 is 0. The van der Waals surface area contributed by atoms with E-state index in [1.54, 1.807) is 24.0 Å². The molecule has 1 fully saturated rings. The van der Waals surface area contributed by atoms with Crippen LogP contribution in [0.3, 0.4) is 0 Å². The van der Waals surface area contributed by atoms with E-state index in [4.69, 9.17) is 14.9 Å². The molecule has 37 heavy (non-hydrogen) atoms. The van der Waals surface area contributed by atoms with E-state index < -0.39 is 12.1 Å². The Morgan fingerprint density at radius 1 is 1.00 bits per heavy atom. The van der Waals surface area contributed by atoms with Crippen LogP contribution < -0.4 is 0 Å². The summed E-state index contributed by atoms with van der Waals surface area (Å²) in [5.41, 5.74) is 5.01. The van der Waals surface area contributed by atoms with Crippen LogP contribution in [-0.4, -0.2) is 78.8 Å². The van der Waals surface area contributed by atoms with Gasteiger partial charge in [0.25, 0.3) is 5.91 Å². The van der Waals surface area contributed by atoms with Crippen molar-refractivity contribution in [3.8, 4) is 11.1 Å². The molecule has 1 aliphatic heterocycles. The highest BCUT2D eigenvalue weighted by Crippen LogP contribution is 2.29. The Morgan fingerprint density at radius 3 is 2.32 bits per heavy atom. The van der Waals surface area contributed by atoms with Crippen LogP contribution in [-0.2, 0) is 11.8 Å². The third-order valence-electron chi connectivity index (χ3n) is 6.20. The summed E-state index contributed by atoms with van der Waals surface area (Å²) in [4.78, 5) is 30.8. The second kappa shape index (κ2) is 10.4. The molecule has 1 atom stereocenters. The smallest absolute Gasteiger partial charge is 0.475 e. The zero-order valence-corrected chi connectivity index (χ0v) is 20.1. The maximum absolute atomic E-state index is 13.0. The second-order valence-corrected chi connectivity index (χ2v) is 8.60. The van der Waals surface area contributed by atoms with Crippen molar-refractivity contribution in [2.24, 2.45) is 7.05 Å². The minimum Gasteiger partial charge on any atom is -0.475 e. The summed E-state index contributed by atoms with van der Waals surface area (Å²) in [7, 11) is 3.90. The van der Waals surface area contributed by atoms with Gasteiger partial charge in [0, 0.05) is 39.1 Å². The summed E-state index contributed by atoms with van der Waals surface area (Å²) in [6.45, 7) is 2.10. The molecule has 1 aromatic carbocycles. The Balaban J connectivity index is 0.000000405. The monoisotopic (exact) mass is 514 g/mol. The number of carbonyl (C=O) groups excluding carboxylic acids is 1. The molecule has 1 amide bonds. The molecular formula is C25H25F3N6O3. The van der Waals surface area contributed by atoms with Gasteiger partial charge < -0.3 is 14.4 Å². The number of rotatable bonds is 3. The van der Waals surface area contributed by atoms with Gasteiger partial charge in [0.05, 0.1) is 23.6 Å². The maximum atomic E-state index is 13.0. The van der Waals surface area contributed by atoms with Crippen LogP contribution in [0.25, 0.3) is 16.6 Å². The number of carboxylic acids is 1. The molecule has 1 unspecified atom stereocenters. The largest absolute Gasteiger partial charge is 0.490 e. The number of carboxylic acid groups (broad SMARTS) is 1. The molecule has 0 spiro atoms. The fourth-order valence-corrected chi connectivity index (χ4v) is 4.18. The van der Waals surface area contributed by atoms with Gasteiger partial charge in [0.15, 0.2) is 0 Å². The van der Waals surface area contributed by atoms with Crippen molar-refractivity contribution in [1.29, 1.82) is 0 Å². The Hall–Kier alpha value is -4.19. The maximum Gasteiger partial charge on any atom is 0.490 e. The van der Waals surface area contributed by atoms with Gasteiger partial charge in [-0.2, -0.15) is 18.3 Å². The van der Waals surface area contributed by atoms with Crippen LogP contribution in [0, 0.1) is 0 Å². The van der Waals surface area contributed by atoms with Crippen molar-refractivity contribution in [1.82, 2.24) is 29.0 Å². The van der Waals surface area contributed by atoms with Gasteiger partial charge in [-0.25, -0.2) is 9.78 Å². The van der Waals surface area contributed by atoms with Crippen LogP contribution in [0.2, 0.25) is 0 Å². The highest BCUT2D eigenvalue weighted by Gasteiger charge is 2.38. The molecular weight excluding hydrogens is 489 g/mol. The molecule has 9 nitrogen and oxygen atoms in total. The first-order chi connectivity index (χ1) is 17.6. The van der Waals surface area contributed by atoms with Crippen LogP contribution in [0.15, 0.2) is 67.3 Å². The number of aliphatic carboxylic acids is 1. The normalized spacial score (nSPS) is 16.4. The lowest BCUT2D eigenvalue weighted by Crippen LogP contribution is -2.49. The Labute approximate surface area is 210 Å². The van der Waals surface area contributed by atoms with E-state index in [0.29, 0.717) is 18.8 Å². The number of carbonyl (C=O) groups is 2. The number of halogens is 3. The molecule has 194 valence electrons. The number of imidazole rings is 1. The summed E-state index contributed by atoms with van der Waals surface area (Å²) in [6, 6.07) is 16.4. The van der Waals surface area contributed by atoms with E-state index in [9.17, 15) is 18.0 Å². The van der Waals surface area contributed by atoms with E-state index in [0.717, 1.165) is 23.3 Å². The van der Waals surface area contributed by atoms with Gasteiger partial charge >= 0.3 is 12.1 Å². The van der Waals surface area contributed by atoms with Crippen LogP contribution in [0.4, 0.5) is 13.2 Å². The predicted molar refractivity (Wildman–Crippen MR) is 129 cm³/mol. The van der Waals surface area contributed by atoms with E-state index in [-0.39, 0.29) is 11.9 Å². The zero-order valence-electron chi connectivity index (χ0n) is 20.1. The number of aromatic nitrogens is 4. The van der Waals surface area contributed by atoms with Crippen molar-refractivity contribution in [3.63, 3.8) is 0 Å². The highest BCUT2D eigenvalue weighted by atomic mass is 19.4. The number of hydrogen-bond donors (Lipinski definition) is 1. The topological polar surface area (TPSA) is 96.0 Å². The quantitative estimate of drug-likeness (QED) is 0.450. The van der Waals surface area contributed by atoms with E-state index in [1.165, 1.54) is 5.56 Å². The summed E-state index contributed by atoms with van der Waals surface area (Å²) in [5, 5.41) is 11.3. The summed E-state index contributed by atoms with van der Waals surface area (Å²) in [6.07, 6.45) is 0.559. The summed E-state index contributed by atoms with van der Waals surface area (Å²) < 4.78 is 35.4. The van der Waals surface area contributed by atoms with E-state index >= 15 is 0 Å². The van der Waals surface area contributed by atoms with E-state index in [2.05, 4.69) is 51.9 Å². The predicted octanol–water partition coefficient (Wildman–Crippen LogP) is 3.50. The lowest BCUT2D eigenvalue weighted by molar-refractivity contribution is -0.192. The number of likely N-dealkylation sites (N-methyl/N-ethyl adjacent to an activating group) is 1. The molecule has 1 aliphatic rings. The molecule has 4 heterocycles. The van der Waals surface area contributed by atoms with E-state index in [1.807, 2.05) is 29.4 Å². The van der Waals surface area contributed by atoms with Crippen molar-refractivity contribution in [2.75, 3.05) is 26.7 Å². The molecule has 0 radical (unpaired) electrons. The Kier molecular flexibility index (Phi) is 7.30. The lowest BCUT2D eigenvalue weighted by atomic mass is 10.1. The average molecular weight is 515 g/mol. The van der Waals surface area contributed by atoms with Crippen LogP contribution in [0.1, 0.15) is 22.2 Å². The van der Waals surface area contributed by atoms with Crippen LogP contribution >= 0.6 is 0 Å². The van der Waals surface area contributed by atoms with Gasteiger partial charge in [-0.05, 0) is 30.3 Å². The fraction of sp³-hybridized carbons (Fsp3) is 0.280. The SMILES string of the molecule is CN1CCN(C(=O)c2ccnn2C)CC1c1ncn2cc(-c3ccccc3)ccc12.O=C(O)C(F)(F)F. The van der Waals surface area contributed by atoms with Crippen molar-refractivity contribution < 1.29 is 27.9 Å². The number of benzene rings is 1. The van der Waals surface area contributed by atoms with Crippen LogP contribution in [0.5, 0.6) is 0 Å². The lowest BCUT2D eigenvalue weighted by Gasteiger charge is -2.38. The molecule has 12 heteroatoms. The highest BCUT2D eigenvalue weighted by molar-refractivity contribution is 5.92. The summed E-state index contributed by atoms with van der Waals surface area (Å²) in [5.74, 6) is -2.74. The third-order valence-corrected chi connectivity index (χ3v) is 6.20. The number of aryl methyl sites for hydroxylation is 1. The average Bonchev–Trinajstić information content (AvgIpc) is 3.50. The fourth-order valence-electron chi connectivity index (χ4n) is 4.18. The van der Waals surface area contributed by atoms with Crippen molar-refractivity contribution >= 4 is 17.4 Å². The zero-order chi connectivity index (χ0) is 26.7. The number of amides is 1. The molecule has 1 N–H and O–H groups in total. The van der Waals surface area contributed by atoms with Gasteiger partial charge in [0.2, 0.25) is 0 Å². The number of piperazine rings is 1. The van der Waals surface area contributed by atoms with Gasteiger partial charge in [-0.1, -0.05) is 36.4 Å². The standard InChI is InChI=1S/C23H24N6O.C2HF3O2/c1-26-12-13-28(23(30)20-10-11-25-27(20)2)15-21(26)22-19-9-8-18(14-29(19)16-24-22)17-6-4-3-5-7-17;3-2(4,5)1(6)7/h3-11,14,16,21H,12-13,15H2,1-2H3;(H,6,7). The van der Waals surface area contributed by atoms with Gasteiger partial charge in [0.1, 0.15) is 5.69 Å². The van der Waals surface area contributed by atoms with Gasteiger partial charge in [-0.15, -0.1) is 0 Å². The van der Waals surface area contributed by atoms with Crippen molar-refractivity contribution in [3.05, 3.63) is 78.6 Å². The molecule has 4 aromatic rings. The molecule has 0 bridgehead atoms. The molecule has 0 aliphatic carbocycles. The van der Waals surface area contributed by atoms with Crippen molar-refractivity contribution in [2.45, 2.75) is 12.2 Å². The second-order valence-electron chi connectivity index (χ2n) is 8.60. The first-order valence-electron chi connectivity index (χ1n) is 11.4. The molecule has 5 rings (SSSR count). The molecule has 0 saturated carbocycles. The molecule has 3 aromatic heterocycles. The Bertz CT molecular complexity index is 1400. The number of nitrogens with zero attached hydrogens (tertiary/aromatic N) is 6. The third kappa shape index (κ3) is 5.64. The molecule has 1 saturated heterocycles. The minimum absolute atomic E-state index is 0.0166. The first kappa shape index (κ1) is 25.9. The number of pyridine rings is 1. The number of hydrogen-bond acceptors (Lipinski definition) is 5. The van der Waals surface area contributed by atoms with Gasteiger partial charge in [-0.3, -0.25) is 14.4 Å². The number of fused-ring (bicyclic) bond motifs is 1. The Morgan fingerprint density at radius 2 is 1.70 bits per heavy atom. The first-order valence-corrected chi connectivity index (χ1v) is 11.4. The minimum atomic E-state index is -5.08.